The molecule has 0 aromatic heterocycles. The fraction of sp³-hybridized carbons (Fsp3) is 0.765. The molecule has 6 nitrogen and oxygen atoms in total. The van der Waals surface area contributed by atoms with Crippen LogP contribution in [0.4, 0.5) is 0 Å². The number of carbonyl (C=O) groups is 4. The third-order valence-electron chi connectivity index (χ3n) is 5.04. The summed E-state index contributed by atoms with van der Waals surface area (Å²) in [5, 5.41) is 0.782. The maximum absolute atomic E-state index is 12.8. The maximum atomic E-state index is 12.8. The predicted octanol–water partition coefficient (Wildman–Crippen LogP) is 1.96. The predicted molar refractivity (Wildman–Crippen MR) is 92.1 cm³/mol. The van der Waals surface area contributed by atoms with Crippen molar-refractivity contribution < 1.29 is 19.2 Å². The number of fused-ring (bicyclic) bond motifs is 2. The Morgan fingerprint density at radius 3 is 1.62 bits per heavy atom. The van der Waals surface area contributed by atoms with E-state index in [1.165, 1.54) is 0 Å². The maximum Gasteiger partial charge on any atom is 0.242 e. The number of likely N-dealkylation sites (tertiary alicyclic amines) is 2. The highest BCUT2D eigenvalue weighted by Crippen LogP contribution is 2.47. The zero-order valence-electron chi connectivity index (χ0n) is 14.5. The van der Waals surface area contributed by atoms with Crippen LogP contribution in [0.15, 0.2) is 0 Å². The van der Waals surface area contributed by atoms with Gasteiger partial charge in [-0.25, -0.2) is 0 Å². The first-order valence-electron chi connectivity index (χ1n) is 8.55. The Hall–Kier alpha value is -1.24. The molecule has 2 saturated heterocycles. The van der Waals surface area contributed by atoms with Gasteiger partial charge in [-0.05, 0) is 19.3 Å². The molecule has 0 N–H and O–H groups in total. The fourth-order valence-electron chi connectivity index (χ4n) is 3.61. The van der Waals surface area contributed by atoms with E-state index in [1.54, 1.807) is 13.8 Å². The molecule has 0 spiro atoms. The van der Waals surface area contributed by atoms with E-state index in [2.05, 4.69) is 15.9 Å². The van der Waals surface area contributed by atoms with Crippen molar-refractivity contribution in [1.82, 2.24) is 9.80 Å². The first-order chi connectivity index (χ1) is 11.3. The van der Waals surface area contributed by atoms with E-state index >= 15 is 0 Å². The lowest BCUT2D eigenvalue weighted by atomic mass is 9.62. The van der Waals surface area contributed by atoms with E-state index < -0.39 is 40.9 Å². The van der Waals surface area contributed by atoms with Crippen molar-refractivity contribution >= 4 is 39.6 Å². The number of amides is 4. The largest absolute Gasteiger partial charge is 0.281 e. The van der Waals surface area contributed by atoms with E-state index in [9.17, 15) is 19.2 Å². The van der Waals surface area contributed by atoms with Crippen LogP contribution in [0.1, 0.15) is 46.5 Å². The molecule has 0 saturated carbocycles. The van der Waals surface area contributed by atoms with Crippen molar-refractivity contribution in [2.24, 2.45) is 17.3 Å². The molecule has 134 valence electrons. The molecule has 0 aromatic carbocycles. The van der Waals surface area contributed by atoms with Crippen LogP contribution in [0.5, 0.6) is 0 Å². The molecule has 4 amide bonds. The number of rotatable bonds is 7. The highest BCUT2D eigenvalue weighted by molar-refractivity contribution is 9.09. The van der Waals surface area contributed by atoms with Gasteiger partial charge in [-0.1, -0.05) is 43.1 Å². The van der Waals surface area contributed by atoms with E-state index in [-0.39, 0.29) is 13.1 Å². The number of alkyl halides is 1. The van der Waals surface area contributed by atoms with Gasteiger partial charge >= 0.3 is 0 Å². The van der Waals surface area contributed by atoms with Crippen molar-refractivity contribution in [1.29, 1.82) is 0 Å². The molecule has 2 heterocycles. The van der Waals surface area contributed by atoms with Gasteiger partial charge < -0.3 is 0 Å². The number of carbonyl (C=O) groups excluding carboxylic acids is 4. The summed E-state index contributed by atoms with van der Waals surface area (Å²) in [4.78, 5) is 53.5. The number of nitrogens with zero attached hydrogens (tertiary/aromatic N) is 2. The summed E-state index contributed by atoms with van der Waals surface area (Å²) in [6.07, 6.45) is 2.98. The Labute approximate surface area is 151 Å². The summed E-state index contributed by atoms with van der Waals surface area (Å²) < 4.78 is 0. The molecule has 2 unspecified atom stereocenters. The summed E-state index contributed by atoms with van der Waals surface area (Å²) in [7, 11) is 0. The van der Waals surface area contributed by atoms with Gasteiger partial charge in [0.15, 0.2) is 0 Å². The zero-order valence-corrected chi connectivity index (χ0v) is 16.1. The zero-order chi connectivity index (χ0) is 18.1. The van der Waals surface area contributed by atoms with Crippen molar-refractivity contribution in [3.8, 4) is 0 Å². The summed E-state index contributed by atoms with van der Waals surface area (Å²) in [5.41, 5.74) is -0.961. The smallest absolute Gasteiger partial charge is 0.242 e. The monoisotopic (exact) mass is 400 g/mol. The van der Waals surface area contributed by atoms with Gasteiger partial charge in [0.1, 0.15) is 11.8 Å². The van der Waals surface area contributed by atoms with Gasteiger partial charge in [0, 0.05) is 23.8 Å². The Bertz CT molecular complexity index is 523. The average molecular weight is 401 g/mol. The molecule has 0 aliphatic carbocycles. The molecule has 2 aliphatic heterocycles. The molecule has 24 heavy (non-hydrogen) atoms. The van der Waals surface area contributed by atoms with E-state index in [0.29, 0.717) is 12.8 Å². The Kier molecular flexibility index (Phi) is 5.83. The summed E-state index contributed by atoms with van der Waals surface area (Å²) in [6, 6.07) is 0. The third kappa shape index (κ3) is 3.03. The SMILES string of the molecule is CCCCN1C(=O)C2C(=O)N(CCCCBr)C(=O)C(C1=O)C2(C)C. The molecule has 2 fully saturated rings. The molecule has 2 bridgehead atoms. The lowest BCUT2D eigenvalue weighted by molar-refractivity contribution is -0.184. The number of imide groups is 2. The minimum absolute atomic E-state index is 0.266. The Morgan fingerprint density at radius 1 is 0.833 bits per heavy atom. The van der Waals surface area contributed by atoms with Crippen molar-refractivity contribution in [3.05, 3.63) is 0 Å². The first kappa shape index (κ1) is 19.1. The van der Waals surface area contributed by atoms with Crippen LogP contribution < -0.4 is 0 Å². The van der Waals surface area contributed by atoms with Crippen LogP contribution in [0, 0.1) is 17.3 Å². The molecule has 7 heteroatoms. The number of halogens is 1. The summed E-state index contributed by atoms with van der Waals surface area (Å²) >= 11 is 3.32. The van der Waals surface area contributed by atoms with Gasteiger partial charge in [0.25, 0.3) is 0 Å². The standard InChI is InChI=1S/C17H25BrN2O4/c1-4-5-9-19-13(21)11-15(23)20(10-7-6-8-18)16(24)12(14(19)22)17(11,2)3/h11-12H,4-10H2,1-3H3. The molecule has 0 radical (unpaired) electrons. The number of hydrogen-bond acceptors (Lipinski definition) is 4. The summed E-state index contributed by atoms with van der Waals surface area (Å²) in [6.45, 7) is 5.87. The highest BCUT2D eigenvalue weighted by atomic mass is 79.9. The van der Waals surface area contributed by atoms with E-state index in [0.717, 1.165) is 28.0 Å². The van der Waals surface area contributed by atoms with Gasteiger partial charge in [-0.2, -0.15) is 0 Å². The first-order valence-corrected chi connectivity index (χ1v) is 9.67. The van der Waals surface area contributed by atoms with Crippen molar-refractivity contribution in [3.63, 3.8) is 0 Å². The van der Waals surface area contributed by atoms with Crippen LogP contribution in [0.2, 0.25) is 0 Å². The molecule has 0 aromatic rings. The van der Waals surface area contributed by atoms with Crippen LogP contribution in [0.25, 0.3) is 0 Å². The Morgan fingerprint density at radius 2 is 1.25 bits per heavy atom. The summed E-state index contributed by atoms with van der Waals surface area (Å²) in [5.74, 6) is -3.68. The van der Waals surface area contributed by atoms with Gasteiger partial charge in [-0.3, -0.25) is 29.0 Å². The van der Waals surface area contributed by atoms with Crippen LogP contribution in [-0.4, -0.2) is 51.8 Å². The number of piperidine rings is 2. The topological polar surface area (TPSA) is 74.8 Å². The second-order valence-electron chi connectivity index (χ2n) is 7.09. The second kappa shape index (κ2) is 7.33. The lowest BCUT2D eigenvalue weighted by Gasteiger charge is -2.51. The third-order valence-corrected chi connectivity index (χ3v) is 5.60. The van der Waals surface area contributed by atoms with Crippen LogP contribution >= 0.6 is 15.9 Å². The van der Waals surface area contributed by atoms with Crippen LogP contribution in [-0.2, 0) is 19.2 Å². The fourth-order valence-corrected chi connectivity index (χ4v) is 4.01. The Balaban J connectivity index is 2.34. The quantitative estimate of drug-likeness (QED) is 0.283. The van der Waals surface area contributed by atoms with Gasteiger partial charge in [-0.15, -0.1) is 0 Å². The minimum Gasteiger partial charge on any atom is -0.281 e. The lowest BCUT2D eigenvalue weighted by Crippen LogP contribution is -2.70. The number of hydrogen-bond donors (Lipinski definition) is 0. The van der Waals surface area contributed by atoms with Crippen molar-refractivity contribution in [2.75, 3.05) is 18.4 Å². The molecular weight excluding hydrogens is 376 g/mol. The molecular formula is C17H25BrN2O4. The average Bonchev–Trinajstić information content (AvgIpc) is 2.49. The molecule has 2 rings (SSSR count). The minimum atomic E-state index is -0.961. The van der Waals surface area contributed by atoms with E-state index in [1.807, 2.05) is 6.92 Å². The molecule has 2 aliphatic rings. The second-order valence-corrected chi connectivity index (χ2v) is 7.89. The van der Waals surface area contributed by atoms with Gasteiger partial charge in [0.05, 0.1) is 0 Å². The molecule has 2 atom stereocenters. The van der Waals surface area contributed by atoms with E-state index in [4.69, 9.17) is 0 Å². The number of unbranched alkanes of at least 4 members (excludes halogenated alkanes) is 2. The normalized spacial score (nSPS) is 26.3. The highest BCUT2D eigenvalue weighted by Gasteiger charge is 2.64. The van der Waals surface area contributed by atoms with Crippen molar-refractivity contribution in [2.45, 2.75) is 46.5 Å². The van der Waals surface area contributed by atoms with Crippen LogP contribution in [0.3, 0.4) is 0 Å². The van der Waals surface area contributed by atoms with Gasteiger partial charge in [0.2, 0.25) is 23.6 Å².